The normalized spacial score (nSPS) is 18.4. The van der Waals surface area contributed by atoms with E-state index < -0.39 is 21.5 Å². The number of carbonyl (C=O) groups is 2. The van der Waals surface area contributed by atoms with Crippen molar-refractivity contribution in [3.63, 3.8) is 0 Å². The summed E-state index contributed by atoms with van der Waals surface area (Å²) >= 11 is 3.39. The Morgan fingerprint density at radius 1 is 1.24 bits per heavy atom. The largest absolute Gasteiger partial charge is 0.466 e. The van der Waals surface area contributed by atoms with Crippen LogP contribution in [0.1, 0.15) is 57.9 Å². The van der Waals surface area contributed by atoms with Gasteiger partial charge in [0.1, 0.15) is 0 Å². The molecule has 1 heterocycles. The molecule has 1 aliphatic heterocycles. The van der Waals surface area contributed by atoms with Crippen molar-refractivity contribution in [1.29, 1.82) is 0 Å². The van der Waals surface area contributed by atoms with Gasteiger partial charge in [0.05, 0.1) is 17.9 Å². The highest BCUT2D eigenvalue weighted by Gasteiger charge is 2.40. The molecule has 7 nitrogen and oxygen atoms in total. The van der Waals surface area contributed by atoms with Gasteiger partial charge in [-0.25, -0.2) is 13.1 Å². The number of amides is 1. The minimum absolute atomic E-state index is 0.0161. The molecule has 0 unspecified atom stereocenters. The average Bonchev–Trinajstić information content (AvgIpc) is 3.04. The number of hydrogen-bond acceptors (Lipinski definition) is 5. The van der Waals surface area contributed by atoms with Crippen LogP contribution >= 0.6 is 15.9 Å². The van der Waals surface area contributed by atoms with Crippen LogP contribution in [0, 0.1) is 0 Å². The van der Waals surface area contributed by atoms with Crippen molar-refractivity contribution in [2.45, 2.75) is 69.2 Å². The van der Waals surface area contributed by atoms with E-state index in [1.54, 1.807) is 24.0 Å². The fourth-order valence-electron chi connectivity index (χ4n) is 4.29. The summed E-state index contributed by atoms with van der Waals surface area (Å²) in [4.78, 5) is 25.7. The van der Waals surface area contributed by atoms with Gasteiger partial charge in [0.2, 0.25) is 15.9 Å². The van der Waals surface area contributed by atoms with Crippen molar-refractivity contribution < 1.29 is 22.7 Å². The van der Waals surface area contributed by atoms with Gasteiger partial charge in [-0.2, -0.15) is 0 Å². The molecule has 29 heavy (non-hydrogen) atoms. The summed E-state index contributed by atoms with van der Waals surface area (Å²) in [7, 11) is -3.92. The zero-order valence-electron chi connectivity index (χ0n) is 16.8. The summed E-state index contributed by atoms with van der Waals surface area (Å²) in [6.07, 6.45) is 4.61. The first-order chi connectivity index (χ1) is 13.7. The highest BCUT2D eigenvalue weighted by molar-refractivity contribution is 9.10. The molecule has 3 rings (SSSR count). The number of nitrogens with one attached hydrogen (secondary N) is 1. The molecular formula is C20H27BrN2O5S. The summed E-state index contributed by atoms with van der Waals surface area (Å²) < 4.78 is 35.1. The van der Waals surface area contributed by atoms with E-state index in [1.807, 2.05) is 0 Å². The molecule has 0 radical (unpaired) electrons. The molecule has 9 heteroatoms. The zero-order valence-corrected chi connectivity index (χ0v) is 19.2. The predicted octanol–water partition coefficient (Wildman–Crippen LogP) is 3.29. The van der Waals surface area contributed by atoms with Gasteiger partial charge < -0.3 is 9.64 Å². The quantitative estimate of drug-likeness (QED) is 0.622. The topological polar surface area (TPSA) is 92.8 Å². The first kappa shape index (κ1) is 22.2. The van der Waals surface area contributed by atoms with Gasteiger partial charge in [0.15, 0.2) is 0 Å². The van der Waals surface area contributed by atoms with E-state index in [-0.39, 0.29) is 23.8 Å². The fraction of sp³-hybridized carbons (Fsp3) is 0.600. The highest BCUT2D eigenvalue weighted by Crippen LogP contribution is 2.38. The van der Waals surface area contributed by atoms with Crippen LogP contribution < -0.4 is 9.62 Å². The van der Waals surface area contributed by atoms with Crippen LogP contribution in [0.2, 0.25) is 0 Å². The third-order valence-corrected chi connectivity index (χ3v) is 8.18. The van der Waals surface area contributed by atoms with Gasteiger partial charge in [-0.1, -0.05) is 19.3 Å². The van der Waals surface area contributed by atoms with Crippen LogP contribution in [0.15, 0.2) is 21.5 Å². The third-order valence-electron chi connectivity index (χ3n) is 5.65. The summed E-state index contributed by atoms with van der Waals surface area (Å²) in [5.74, 6) is -0.513. The molecule has 1 aliphatic carbocycles. The van der Waals surface area contributed by atoms with E-state index >= 15 is 0 Å². The molecular weight excluding hydrogens is 460 g/mol. The Hall–Kier alpha value is -1.45. The number of sulfonamides is 1. The van der Waals surface area contributed by atoms with E-state index in [0.717, 1.165) is 24.8 Å². The lowest BCUT2D eigenvalue weighted by atomic mass is 9.80. The maximum atomic E-state index is 13.3. The lowest BCUT2D eigenvalue weighted by Gasteiger charge is -2.37. The van der Waals surface area contributed by atoms with Gasteiger partial charge in [-0.05, 0) is 59.8 Å². The van der Waals surface area contributed by atoms with Crippen molar-refractivity contribution >= 4 is 43.5 Å². The molecule has 0 spiro atoms. The van der Waals surface area contributed by atoms with Gasteiger partial charge in [-0.15, -0.1) is 0 Å². The highest BCUT2D eigenvalue weighted by atomic mass is 79.9. The Morgan fingerprint density at radius 2 is 1.93 bits per heavy atom. The molecule has 1 amide bonds. The smallest absolute Gasteiger partial charge is 0.307 e. The predicted molar refractivity (Wildman–Crippen MR) is 113 cm³/mol. The van der Waals surface area contributed by atoms with Crippen molar-refractivity contribution in [2.75, 3.05) is 18.1 Å². The Kier molecular flexibility index (Phi) is 6.70. The molecule has 0 aromatic heterocycles. The number of ether oxygens (including phenoxy) is 1. The lowest BCUT2D eigenvalue weighted by Crippen LogP contribution is -2.51. The molecule has 1 fully saturated rings. The van der Waals surface area contributed by atoms with Gasteiger partial charge in [0, 0.05) is 29.2 Å². The number of anilines is 1. The number of hydrogen-bond donors (Lipinski definition) is 1. The summed E-state index contributed by atoms with van der Waals surface area (Å²) in [6, 6.07) is 3.32. The minimum atomic E-state index is -3.92. The number of esters is 1. The Morgan fingerprint density at radius 3 is 2.55 bits per heavy atom. The lowest BCUT2D eigenvalue weighted by molar-refractivity contribution is -0.145. The number of rotatable bonds is 6. The summed E-state index contributed by atoms with van der Waals surface area (Å²) in [5, 5.41) is 0. The third kappa shape index (κ3) is 4.83. The SMILES string of the molecule is CCOC(=O)CC1(NS(=O)(=O)c2cc3c(cc2Br)CCN3C(C)=O)CCCCC1. The maximum absolute atomic E-state index is 13.3. The Balaban J connectivity index is 1.94. The van der Waals surface area contributed by atoms with Gasteiger partial charge in [-0.3, -0.25) is 9.59 Å². The van der Waals surface area contributed by atoms with E-state index in [0.29, 0.717) is 36.0 Å². The Bertz CT molecular complexity index is 910. The standard InChI is InChI=1S/C20H27BrN2O5S/c1-3-28-19(25)13-20(8-5-4-6-9-20)22-29(26,27)18-12-17-15(11-16(18)21)7-10-23(17)14(2)24/h11-12,22H,3-10,13H2,1-2H3. The first-order valence-corrected chi connectivity index (χ1v) is 12.3. The van der Waals surface area contributed by atoms with E-state index in [9.17, 15) is 18.0 Å². The monoisotopic (exact) mass is 486 g/mol. The molecule has 1 aromatic carbocycles. The van der Waals surface area contributed by atoms with Gasteiger partial charge in [0.25, 0.3) is 0 Å². The first-order valence-electron chi connectivity index (χ1n) is 9.97. The second kappa shape index (κ2) is 8.73. The van der Waals surface area contributed by atoms with Gasteiger partial charge >= 0.3 is 5.97 Å². The molecule has 1 aromatic rings. The zero-order chi connectivity index (χ0) is 21.2. The maximum Gasteiger partial charge on any atom is 0.307 e. The van der Waals surface area contributed by atoms with Crippen molar-refractivity contribution in [3.8, 4) is 0 Å². The number of benzene rings is 1. The molecule has 1 saturated carbocycles. The molecule has 0 saturated heterocycles. The number of nitrogens with zero attached hydrogens (tertiary/aromatic N) is 1. The summed E-state index contributed by atoms with van der Waals surface area (Å²) in [6.45, 7) is 4.01. The molecule has 160 valence electrons. The second-order valence-corrected chi connectivity index (χ2v) is 10.3. The number of halogens is 1. The number of fused-ring (bicyclic) bond motifs is 1. The molecule has 2 aliphatic rings. The fourth-order valence-corrected chi connectivity index (χ4v) is 6.86. The van der Waals surface area contributed by atoms with Crippen LogP contribution in [-0.4, -0.2) is 39.0 Å². The second-order valence-electron chi connectivity index (χ2n) is 7.76. The van der Waals surface area contributed by atoms with Crippen LogP contribution in [-0.2, 0) is 30.8 Å². The molecule has 1 N–H and O–H groups in total. The Labute approximate surface area is 180 Å². The molecule has 0 atom stereocenters. The number of carbonyl (C=O) groups excluding carboxylic acids is 2. The van der Waals surface area contributed by atoms with E-state index in [1.165, 1.54) is 6.92 Å². The van der Waals surface area contributed by atoms with E-state index in [2.05, 4.69) is 20.7 Å². The van der Waals surface area contributed by atoms with Crippen LogP contribution in [0.25, 0.3) is 0 Å². The average molecular weight is 487 g/mol. The van der Waals surface area contributed by atoms with Crippen LogP contribution in [0.3, 0.4) is 0 Å². The van der Waals surface area contributed by atoms with Crippen molar-refractivity contribution in [3.05, 3.63) is 22.2 Å². The van der Waals surface area contributed by atoms with Crippen LogP contribution in [0.5, 0.6) is 0 Å². The molecule has 0 bridgehead atoms. The van der Waals surface area contributed by atoms with E-state index in [4.69, 9.17) is 4.74 Å². The van der Waals surface area contributed by atoms with Crippen molar-refractivity contribution in [1.82, 2.24) is 4.72 Å². The minimum Gasteiger partial charge on any atom is -0.466 e. The van der Waals surface area contributed by atoms with Crippen molar-refractivity contribution in [2.24, 2.45) is 0 Å². The summed E-state index contributed by atoms with van der Waals surface area (Å²) in [5.41, 5.74) is 0.719. The van der Waals surface area contributed by atoms with Crippen LogP contribution in [0.4, 0.5) is 5.69 Å².